The summed E-state index contributed by atoms with van der Waals surface area (Å²) in [5.74, 6) is 0.647. The van der Waals surface area contributed by atoms with Crippen LogP contribution in [0.15, 0.2) is 0 Å². The Labute approximate surface area is 133 Å². The van der Waals surface area contributed by atoms with Crippen molar-refractivity contribution in [1.29, 1.82) is 0 Å². The number of nitrogens with one attached hydrogen (secondary N) is 2. The van der Waals surface area contributed by atoms with Gasteiger partial charge in [-0.25, -0.2) is 4.79 Å². The summed E-state index contributed by atoms with van der Waals surface area (Å²) in [5.41, 5.74) is 0. The molecule has 0 aromatic heterocycles. The summed E-state index contributed by atoms with van der Waals surface area (Å²) in [6.45, 7) is 0.377. The molecule has 8 heteroatoms. The van der Waals surface area contributed by atoms with E-state index in [1.807, 2.05) is 0 Å². The van der Waals surface area contributed by atoms with E-state index in [-0.39, 0.29) is 30.8 Å². The van der Waals surface area contributed by atoms with Crippen molar-refractivity contribution in [2.45, 2.75) is 56.5 Å². The number of nitrogens with zero attached hydrogens (tertiary/aromatic N) is 1. The fourth-order valence-corrected chi connectivity index (χ4v) is 3.52. The smallest absolute Gasteiger partial charge is 0.378 e. The Bertz CT molecular complexity index is 429. The van der Waals surface area contributed by atoms with Crippen LogP contribution in [0.2, 0.25) is 0 Å². The van der Waals surface area contributed by atoms with Crippen LogP contribution in [0.1, 0.15) is 32.1 Å². The Kier molecular flexibility index (Phi) is 5.01. The van der Waals surface area contributed by atoms with E-state index >= 15 is 0 Å². The average molecular weight is 335 g/mol. The first-order valence-electron chi connectivity index (χ1n) is 8.37. The van der Waals surface area contributed by atoms with Gasteiger partial charge in [0.1, 0.15) is 0 Å². The van der Waals surface area contributed by atoms with Gasteiger partial charge in [-0.15, -0.1) is 0 Å². The zero-order valence-corrected chi connectivity index (χ0v) is 13.1. The maximum Gasteiger partial charge on any atom is 0.401 e. The maximum atomic E-state index is 12.4. The number of urea groups is 1. The Morgan fingerprint density at radius 3 is 2.57 bits per heavy atom. The number of alkyl halides is 3. The van der Waals surface area contributed by atoms with E-state index in [1.165, 1.54) is 17.7 Å². The third kappa shape index (κ3) is 5.24. The SMILES string of the molecule is O=C(N[C@@H]1CCO[C@H](C2CC2)C1)N[C@H]1CCN(CC(F)(F)F)C1. The highest BCUT2D eigenvalue weighted by Gasteiger charge is 2.37. The molecule has 1 aliphatic carbocycles. The van der Waals surface area contributed by atoms with Crippen molar-refractivity contribution < 1.29 is 22.7 Å². The number of hydrogen-bond acceptors (Lipinski definition) is 3. The molecule has 0 radical (unpaired) electrons. The molecule has 3 rings (SSSR count). The lowest BCUT2D eigenvalue weighted by Gasteiger charge is -2.30. The molecule has 2 heterocycles. The minimum Gasteiger partial charge on any atom is -0.378 e. The number of carbonyl (C=O) groups is 1. The highest BCUT2D eigenvalue weighted by Crippen LogP contribution is 2.38. The van der Waals surface area contributed by atoms with Crippen molar-refractivity contribution in [2.75, 3.05) is 26.2 Å². The van der Waals surface area contributed by atoms with Gasteiger partial charge in [0.2, 0.25) is 0 Å². The molecule has 3 fully saturated rings. The number of amides is 2. The van der Waals surface area contributed by atoms with Crippen LogP contribution in [0.3, 0.4) is 0 Å². The van der Waals surface area contributed by atoms with Gasteiger partial charge in [-0.05, 0) is 38.0 Å². The topological polar surface area (TPSA) is 53.6 Å². The third-order valence-electron chi connectivity index (χ3n) is 4.81. The fraction of sp³-hybridized carbons (Fsp3) is 0.933. The fourth-order valence-electron chi connectivity index (χ4n) is 3.52. The molecule has 3 aliphatic rings. The van der Waals surface area contributed by atoms with Crippen LogP contribution in [-0.2, 0) is 4.74 Å². The average Bonchev–Trinajstić information content (AvgIpc) is 3.21. The van der Waals surface area contributed by atoms with Crippen LogP contribution in [-0.4, -0.2) is 61.5 Å². The Hall–Kier alpha value is -1.02. The number of likely N-dealkylation sites (tertiary alicyclic amines) is 1. The lowest BCUT2D eigenvalue weighted by molar-refractivity contribution is -0.143. The van der Waals surface area contributed by atoms with E-state index < -0.39 is 12.7 Å². The van der Waals surface area contributed by atoms with Gasteiger partial charge in [-0.3, -0.25) is 4.90 Å². The number of hydrogen-bond donors (Lipinski definition) is 2. The van der Waals surface area contributed by atoms with E-state index in [4.69, 9.17) is 4.74 Å². The number of ether oxygens (including phenoxy) is 1. The maximum absolute atomic E-state index is 12.4. The number of carbonyl (C=O) groups excluding carboxylic acids is 1. The van der Waals surface area contributed by atoms with Crippen LogP contribution >= 0.6 is 0 Å². The molecule has 3 atom stereocenters. The standard InChI is InChI=1S/C15H24F3N3O2/c16-15(17,18)9-21-5-3-12(8-21)20-14(22)19-11-4-6-23-13(7-11)10-1-2-10/h10-13H,1-9H2,(H2,19,20,22)/t11-,12+,13+/m1/s1. The van der Waals surface area contributed by atoms with Crippen LogP contribution in [0.5, 0.6) is 0 Å². The van der Waals surface area contributed by atoms with Gasteiger partial charge in [0.15, 0.2) is 0 Å². The number of halogens is 3. The molecule has 23 heavy (non-hydrogen) atoms. The zero-order chi connectivity index (χ0) is 16.4. The summed E-state index contributed by atoms with van der Waals surface area (Å²) in [5, 5.41) is 5.75. The van der Waals surface area contributed by atoms with Crippen molar-refractivity contribution in [1.82, 2.24) is 15.5 Å². The third-order valence-corrected chi connectivity index (χ3v) is 4.81. The van der Waals surface area contributed by atoms with E-state index in [1.54, 1.807) is 0 Å². The molecule has 132 valence electrons. The summed E-state index contributed by atoms with van der Waals surface area (Å²) in [7, 11) is 0. The second-order valence-electron chi connectivity index (χ2n) is 6.92. The zero-order valence-electron chi connectivity index (χ0n) is 13.1. The van der Waals surface area contributed by atoms with Gasteiger partial charge in [0, 0.05) is 31.8 Å². The van der Waals surface area contributed by atoms with Crippen molar-refractivity contribution in [3.8, 4) is 0 Å². The molecule has 2 N–H and O–H groups in total. The van der Waals surface area contributed by atoms with Gasteiger partial charge in [-0.2, -0.15) is 13.2 Å². The van der Waals surface area contributed by atoms with Crippen molar-refractivity contribution in [2.24, 2.45) is 5.92 Å². The Morgan fingerprint density at radius 1 is 1.13 bits per heavy atom. The second kappa shape index (κ2) is 6.84. The monoisotopic (exact) mass is 335 g/mol. The molecule has 0 aromatic rings. The Balaban J connectivity index is 1.38. The highest BCUT2D eigenvalue weighted by molar-refractivity contribution is 5.74. The first-order valence-corrected chi connectivity index (χ1v) is 8.37. The lowest BCUT2D eigenvalue weighted by atomic mass is 10.0. The summed E-state index contributed by atoms with van der Waals surface area (Å²) >= 11 is 0. The molecule has 0 spiro atoms. The number of rotatable bonds is 4. The van der Waals surface area contributed by atoms with Gasteiger partial charge in [0.05, 0.1) is 12.6 Å². The van der Waals surface area contributed by atoms with Crippen molar-refractivity contribution >= 4 is 6.03 Å². The minimum atomic E-state index is -4.18. The van der Waals surface area contributed by atoms with E-state index in [9.17, 15) is 18.0 Å². The molecule has 5 nitrogen and oxygen atoms in total. The highest BCUT2D eigenvalue weighted by atomic mass is 19.4. The first kappa shape index (κ1) is 16.8. The first-order chi connectivity index (χ1) is 10.9. The molecule has 2 aliphatic heterocycles. The second-order valence-corrected chi connectivity index (χ2v) is 6.92. The minimum absolute atomic E-state index is 0.0991. The van der Waals surface area contributed by atoms with Crippen LogP contribution in [0.25, 0.3) is 0 Å². The van der Waals surface area contributed by atoms with Gasteiger partial charge in [0.25, 0.3) is 0 Å². The lowest BCUT2D eigenvalue weighted by Crippen LogP contribution is -2.50. The van der Waals surface area contributed by atoms with Gasteiger partial charge >= 0.3 is 12.2 Å². The van der Waals surface area contributed by atoms with E-state index in [2.05, 4.69) is 10.6 Å². The predicted octanol–water partition coefficient (Wildman–Crippen LogP) is 1.88. The summed E-state index contributed by atoms with van der Waals surface area (Å²) in [4.78, 5) is 13.4. The van der Waals surface area contributed by atoms with Crippen LogP contribution in [0, 0.1) is 5.92 Å². The van der Waals surface area contributed by atoms with E-state index in [0.717, 1.165) is 12.8 Å². The predicted molar refractivity (Wildman–Crippen MR) is 78.1 cm³/mol. The quantitative estimate of drug-likeness (QED) is 0.825. The van der Waals surface area contributed by atoms with E-state index in [0.29, 0.717) is 25.5 Å². The molecule has 0 bridgehead atoms. The molecule has 0 aromatic carbocycles. The molecule has 1 saturated carbocycles. The molecule has 0 unspecified atom stereocenters. The summed E-state index contributed by atoms with van der Waals surface area (Å²) < 4.78 is 42.8. The molecule has 2 saturated heterocycles. The van der Waals surface area contributed by atoms with Crippen LogP contribution in [0.4, 0.5) is 18.0 Å². The largest absolute Gasteiger partial charge is 0.401 e. The van der Waals surface area contributed by atoms with Gasteiger partial charge < -0.3 is 15.4 Å². The molecule has 2 amide bonds. The van der Waals surface area contributed by atoms with Crippen molar-refractivity contribution in [3.63, 3.8) is 0 Å². The Morgan fingerprint density at radius 2 is 1.87 bits per heavy atom. The molecular weight excluding hydrogens is 311 g/mol. The summed E-state index contributed by atoms with van der Waals surface area (Å²) in [6.07, 6.45) is 0.674. The molecular formula is C15H24F3N3O2. The van der Waals surface area contributed by atoms with Crippen LogP contribution < -0.4 is 10.6 Å². The van der Waals surface area contributed by atoms with Crippen molar-refractivity contribution in [3.05, 3.63) is 0 Å². The van der Waals surface area contributed by atoms with Gasteiger partial charge in [-0.1, -0.05) is 0 Å². The summed E-state index contributed by atoms with van der Waals surface area (Å²) in [6, 6.07) is -0.385. The normalized spacial score (nSPS) is 32.7.